The van der Waals surface area contributed by atoms with E-state index in [0.29, 0.717) is 43.6 Å². The van der Waals surface area contributed by atoms with Gasteiger partial charge < -0.3 is 19.5 Å². The van der Waals surface area contributed by atoms with Gasteiger partial charge in [-0.2, -0.15) is 0 Å². The Labute approximate surface area is 207 Å². The molecule has 1 aliphatic heterocycles. The number of carbonyl (C=O) groups is 1. The number of carbonyl (C=O) groups excluding carboxylic acids is 1. The van der Waals surface area contributed by atoms with Gasteiger partial charge in [-0.1, -0.05) is 26.0 Å². The van der Waals surface area contributed by atoms with Gasteiger partial charge in [0.15, 0.2) is 5.79 Å². The molecule has 0 unspecified atom stereocenters. The van der Waals surface area contributed by atoms with Gasteiger partial charge in [-0.3, -0.25) is 4.79 Å². The SMILES string of the molecule is Cc1cc(CNC(=O)c2sc(C)c3c2C[C@@H]2[C@H]3C2(C)C)cc(C)c1OCC1COC(C)(C)OC1. The zero-order valence-corrected chi connectivity index (χ0v) is 22.3. The van der Waals surface area contributed by atoms with E-state index in [9.17, 15) is 4.79 Å². The van der Waals surface area contributed by atoms with E-state index < -0.39 is 5.79 Å². The molecule has 184 valence electrons. The molecule has 0 radical (unpaired) electrons. The minimum Gasteiger partial charge on any atom is -0.493 e. The summed E-state index contributed by atoms with van der Waals surface area (Å²) in [5.74, 6) is 2.05. The Morgan fingerprint density at radius 1 is 1.12 bits per heavy atom. The zero-order valence-electron chi connectivity index (χ0n) is 21.5. The van der Waals surface area contributed by atoms with Crippen LogP contribution in [-0.4, -0.2) is 31.5 Å². The summed E-state index contributed by atoms with van der Waals surface area (Å²) >= 11 is 1.67. The van der Waals surface area contributed by atoms with Crippen LogP contribution in [-0.2, 0) is 22.4 Å². The molecule has 2 aliphatic carbocycles. The maximum absolute atomic E-state index is 13.1. The van der Waals surface area contributed by atoms with Crippen LogP contribution in [0.1, 0.15) is 76.0 Å². The molecular weight excluding hydrogens is 446 g/mol. The zero-order chi connectivity index (χ0) is 24.4. The molecule has 5 nitrogen and oxygen atoms in total. The van der Waals surface area contributed by atoms with Crippen molar-refractivity contribution in [1.29, 1.82) is 0 Å². The van der Waals surface area contributed by atoms with Crippen molar-refractivity contribution in [3.05, 3.63) is 49.7 Å². The summed E-state index contributed by atoms with van der Waals surface area (Å²) in [5, 5.41) is 3.17. The molecule has 1 saturated carbocycles. The Morgan fingerprint density at radius 2 is 1.76 bits per heavy atom. The highest BCUT2D eigenvalue weighted by molar-refractivity contribution is 7.14. The Balaban J connectivity index is 1.20. The molecule has 0 spiro atoms. The van der Waals surface area contributed by atoms with Crippen LogP contribution in [0.5, 0.6) is 5.75 Å². The molecule has 1 N–H and O–H groups in total. The first kappa shape index (κ1) is 23.8. The predicted octanol–water partition coefficient (Wildman–Crippen LogP) is 5.68. The third-order valence-corrected chi connectivity index (χ3v) is 9.16. The first-order valence-electron chi connectivity index (χ1n) is 12.4. The van der Waals surface area contributed by atoms with Gasteiger partial charge in [0.1, 0.15) is 5.75 Å². The number of thiophene rings is 1. The molecule has 2 fully saturated rings. The Kier molecular flexibility index (Phi) is 5.85. The topological polar surface area (TPSA) is 56.8 Å². The van der Waals surface area contributed by atoms with E-state index in [1.165, 1.54) is 16.0 Å². The highest BCUT2D eigenvalue weighted by Crippen LogP contribution is 2.71. The van der Waals surface area contributed by atoms with Gasteiger partial charge in [-0.15, -0.1) is 11.3 Å². The van der Waals surface area contributed by atoms with E-state index >= 15 is 0 Å². The van der Waals surface area contributed by atoms with Crippen molar-refractivity contribution in [3.63, 3.8) is 0 Å². The van der Waals surface area contributed by atoms with Crippen LogP contribution in [0.4, 0.5) is 0 Å². The standard InChI is InChI=1S/C28H37NO4S/c1-15-8-18(9-16(2)24(15)31-12-19-13-32-28(6,7)33-14-19)11-29-26(30)25-20-10-21-23(27(21,4)5)22(20)17(3)34-25/h8-9,19,21,23H,10-14H2,1-7H3,(H,29,30)/t21-,23-/m1/s1. The van der Waals surface area contributed by atoms with Gasteiger partial charge in [-0.25, -0.2) is 0 Å². The molecule has 2 heterocycles. The highest BCUT2D eigenvalue weighted by atomic mass is 32.1. The van der Waals surface area contributed by atoms with Crippen LogP contribution in [0.15, 0.2) is 12.1 Å². The van der Waals surface area contributed by atoms with Gasteiger partial charge in [0.05, 0.1) is 24.7 Å². The minimum atomic E-state index is -0.507. The van der Waals surface area contributed by atoms with Crippen LogP contribution in [0, 0.1) is 38.0 Å². The molecule has 1 aromatic heterocycles. The Morgan fingerprint density at radius 3 is 2.41 bits per heavy atom. The van der Waals surface area contributed by atoms with Gasteiger partial charge in [0.25, 0.3) is 5.91 Å². The summed E-state index contributed by atoms with van der Waals surface area (Å²) in [6, 6.07) is 4.23. The predicted molar refractivity (Wildman–Crippen MR) is 135 cm³/mol. The molecule has 3 aliphatic rings. The smallest absolute Gasteiger partial charge is 0.261 e. The van der Waals surface area contributed by atoms with Crippen LogP contribution < -0.4 is 10.1 Å². The number of amides is 1. The second kappa shape index (κ2) is 8.35. The quantitative estimate of drug-likeness (QED) is 0.575. The van der Waals surface area contributed by atoms with Crippen LogP contribution in [0.25, 0.3) is 0 Å². The monoisotopic (exact) mass is 483 g/mol. The number of hydrogen-bond donors (Lipinski definition) is 1. The van der Waals surface area contributed by atoms with Gasteiger partial charge in [0, 0.05) is 17.3 Å². The van der Waals surface area contributed by atoms with Crippen LogP contribution in [0.2, 0.25) is 0 Å². The van der Waals surface area contributed by atoms with E-state index in [1.807, 2.05) is 13.8 Å². The molecule has 2 aromatic rings. The van der Waals surface area contributed by atoms with Gasteiger partial charge in [0.2, 0.25) is 0 Å². The van der Waals surface area contributed by atoms with Crippen LogP contribution in [0.3, 0.4) is 0 Å². The van der Waals surface area contributed by atoms with Crippen molar-refractivity contribution in [3.8, 4) is 5.75 Å². The second-order valence-corrected chi connectivity index (χ2v) is 12.7. The first-order valence-corrected chi connectivity index (χ1v) is 13.2. The number of nitrogens with one attached hydrogen (secondary N) is 1. The van der Waals surface area contributed by atoms with Crippen molar-refractivity contribution < 1.29 is 19.0 Å². The van der Waals surface area contributed by atoms with Crippen molar-refractivity contribution in [2.75, 3.05) is 19.8 Å². The number of benzene rings is 1. The average molecular weight is 484 g/mol. The molecule has 2 atom stereocenters. The third kappa shape index (κ3) is 4.18. The molecular formula is C28H37NO4S. The number of fused-ring (bicyclic) bond motifs is 3. The molecule has 1 saturated heterocycles. The van der Waals surface area contributed by atoms with E-state index in [1.54, 1.807) is 11.3 Å². The molecule has 1 aromatic carbocycles. The lowest BCUT2D eigenvalue weighted by molar-refractivity contribution is -0.264. The average Bonchev–Trinajstić information content (AvgIpc) is 3.08. The van der Waals surface area contributed by atoms with Crippen LogP contribution >= 0.6 is 11.3 Å². The van der Waals surface area contributed by atoms with Gasteiger partial charge >= 0.3 is 0 Å². The summed E-state index contributed by atoms with van der Waals surface area (Å²) in [5.41, 5.74) is 6.43. The van der Waals surface area contributed by atoms with E-state index in [-0.39, 0.29) is 11.8 Å². The molecule has 1 amide bonds. The largest absolute Gasteiger partial charge is 0.493 e. The van der Waals surface area contributed by atoms with Crippen molar-refractivity contribution in [1.82, 2.24) is 5.32 Å². The fourth-order valence-electron chi connectivity index (χ4n) is 5.97. The number of hydrogen-bond acceptors (Lipinski definition) is 5. The molecule has 5 rings (SSSR count). The molecule has 34 heavy (non-hydrogen) atoms. The molecule has 0 bridgehead atoms. The van der Waals surface area contributed by atoms with E-state index in [4.69, 9.17) is 14.2 Å². The second-order valence-electron chi connectivity index (χ2n) is 11.4. The van der Waals surface area contributed by atoms with Crippen molar-refractivity contribution in [2.24, 2.45) is 17.3 Å². The Bertz CT molecular complexity index is 1100. The first-order chi connectivity index (χ1) is 16.0. The summed E-state index contributed by atoms with van der Waals surface area (Å²) in [7, 11) is 0. The third-order valence-electron chi connectivity index (χ3n) is 8.00. The lowest BCUT2D eigenvalue weighted by Crippen LogP contribution is -2.41. The number of aryl methyl sites for hydroxylation is 3. The fraction of sp³-hybridized carbons (Fsp3) is 0.607. The summed E-state index contributed by atoms with van der Waals surface area (Å²) in [4.78, 5) is 15.3. The Hall–Kier alpha value is -1.89. The lowest BCUT2D eigenvalue weighted by Gasteiger charge is -2.34. The fourth-order valence-corrected chi connectivity index (χ4v) is 7.12. The molecule has 6 heteroatoms. The lowest BCUT2D eigenvalue weighted by atomic mass is 9.95. The van der Waals surface area contributed by atoms with E-state index in [2.05, 4.69) is 52.1 Å². The van der Waals surface area contributed by atoms with E-state index in [0.717, 1.165) is 33.7 Å². The maximum atomic E-state index is 13.1. The minimum absolute atomic E-state index is 0.0595. The summed E-state index contributed by atoms with van der Waals surface area (Å²) in [6.07, 6.45) is 1.05. The number of ether oxygens (including phenoxy) is 3. The highest BCUT2D eigenvalue weighted by Gasteiger charge is 2.63. The van der Waals surface area contributed by atoms with Crippen molar-refractivity contribution >= 4 is 17.2 Å². The summed E-state index contributed by atoms with van der Waals surface area (Å²) in [6.45, 7) is 17.3. The maximum Gasteiger partial charge on any atom is 0.261 e. The van der Waals surface area contributed by atoms with Crippen molar-refractivity contribution in [2.45, 2.75) is 73.1 Å². The van der Waals surface area contributed by atoms with Gasteiger partial charge in [-0.05, 0) is 86.1 Å². The normalized spacial score (nSPS) is 24.4. The summed E-state index contributed by atoms with van der Waals surface area (Å²) < 4.78 is 17.6. The number of rotatable bonds is 6.